The molecule has 0 saturated carbocycles. The Labute approximate surface area is 226 Å². The zero-order chi connectivity index (χ0) is 26.4. The monoisotopic (exact) mass is 554 g/mol. The minimum atomic E-state index is -1.12. The molecule has 0 spiro atoms. The molecule has 2 amide bonds. The Balaban J connectivity index is 1.40. The van der Waals surface area contributed by atoms with Crippen molar-refractivity contribution in [3.8, 4) is 11.5 Å². The van der Waals surface area contributed by atoms with Crippen LogP contribution in [0.1, 0.15) is 21.5 Å². The molecular weight excluding hydrogens is 536 g/mol. The second-order valence-corrected chi connectivity index (χ2v) is 9.67. The first-order valence-corrected chi connectivity index (χ1v) is 12.4. The number of rotatable bonds is 9. The van der Waals surface area contributed by atoms with Crippen molar-refractivity contribution in [1.82, 2.24) is 10.4 Å². The average Bonchev–Trinajstić information content (AvgIpc) is 3.15. The molecule has 0 aliphatic carbocycles. The molecule has 0 radical (unpaired) electrons. The standard InChI is InChI=1S/C26H19ClN2O6S2/c27-20-7-3-1-6-18(20)14-34-19-11-9-16(10-12-19)24(32)28-29-25(33)22(37-26(29)36)13-17-5-2-4-8-21(17)35-15-23(30)31/h1-13H,14-15H2,(H,28,32)(H,30,31)/b22-13+. The van der Waals surface area contributed by atoms with Crippen LogP contribution < -0.4 is 14.9 Å². The fourth-order valence-corrected chi connectivity index (χ4v) is 4.58. The maximum absolute atomic E-state index is 12.9. The van der Waals surface area contributed by atoms with Gasteiger partial charge >= 0.3 is 5.97 Å². The molecule has 0 bridgehead atoms. The van der Waals surface area contributed by atoms with Crippen LogP contribution in [0.5, 0.6) is 11.5 Å². The lowest BCUT2D eigenvalue weighted by atomic mass is 10.2. The number of amides is 2. The van der Waals surface area contributed by atoms with Crippen molar-refractivity contribution in [1.29, 1.82) is 0 Å². The summed E-state index contributed by atoms with van der Waals surface area (Å²) in [5.41, 5.74) is 4.17. The van der Waals surface area contributed by atoms with Gasteiger partial charge in [0.15, 0.2) is 10.9 Å². The molecule has 1 aliphatic rings. The summed E-state index contributed by atoms with van der Waals surface area (Å²) < 4.78 is 11.2. The molecule has 0 atom stereocenters. The van der Waals surface area contributed by atoms with Crippen molar-refractivity contribution >= 4 is 63.8 Å². The molecule has 4 rings (SSSR count). The van der Waals surface area contributed by atoms with Gasteiger partial charge in [0.2, 0.25) is 0 Å². The summed E-state index contributed by atoms with van der Waals surface area (Å²) in [7, 11) is 0. The predicted octanol–water partition coefficient (Wildman–Crippen LogP) is 4.93. The number of nitrogens with one attached hydrogen (secondary N) is 1. The summed E-state index contributed by atoms with van der Waals surface area (Å²) in [6, 6.07) is 20.5. The number of carbonyl (C=O) groups excluding carboxylic acids is 2. The third-order valence-corrected chi connectivity index (χ3v) is 6.70. The topological polar surface area (TPSA) is 105 Å². The summed E-state index contributed by atoms with van der Waals surface area (Å²) >= 11 is 12.4. The number of halogens is 1. The van der Waals surface area contributed by atoms with Gasteiger partial charge in [0, 0.05) is 21.7 Å². The maximum Gasteiger partial charge on any atom is 0.341 e. The van der Waals surface area contributed by atoms with E-state index in [9.17, 15) is 14.4 Å². The summed E-state index contributed by atoms with van der Waals surface area (Å²) in [5.74, 6) is -1.31. The van der Waals surface area contributed by atoms with Crippen molar-refractivity contribution in [3.05, 3.63) is 99.4 Å². The number of aliphatic carboxylic acids is 1. The highest BCUT2D eigenvalue weighted by molar-refractivity contribution is 8.26. The smallest absolute Gasteiger partial charge is 0.341 e. The SMILES string of the molecule is O=C(O)COc1ccccc1/C=C1/SC(=S)N(NC(=O)c2ccc(OCc3ccccc3Cl)cc2)C1=O. The summed E-state index contributed by atoms with van der Waals surface area (Å²) in [6.45, 7) is -0.246. The van der Waals surface area contributed by atoms with E-state index >= 15 is 0 Å². The molecule has 2 N–H and O–H groups in total. The van der Waals surface area contributed by atoms with E-state index in [0.29, 0.717) is 27.6 Å². The van der Waals surface area contributed by atoms with E-state index in [1.165, 1.54) is 6.08 Å². The number of ether oxygens (including phenoxy) is 2. The van der Waals surface area contributed by atoms with Crippen LogP contribution in [0.3, 0.4) is 0 Å². The Morgan fingerprint density at radius 1 is 1.03 bits per heavy atom. The van der Waals surface area contributed by atoms with Crippen LogP contribution in [0.4, 0.5) is 0 Å². The van der Waals surface area contributed by atoms with E-state index in [1.807, 2.05) is 18.2 Å². The molecule has 1 heterocycles. The number of carboxylic acids is 1. The van der Waals surface area contributed by atoms with E-state index in [1.54, 1.807) is 54.6 Å². The van der Waals surface area contributed by atoms with Gasteiger partial charge in [-0.2, -0.15) is 5.01 Å². The highest BCUT2D eigenvalue weighted by Crippen LogP contribution is 2.33. The van der Waals surface area contributed by atoms with Crippen LogP contribution in [0.25, 0.3) is 6.08 Å². The van der Waals surface area contributed by atoms with E-state index in [-0.39, 0.29) is 15.8 Å². The number of hydrogen-bond acceptors (Lipinski definition) is 7. The third-order valence-electron chi connectivity index (χ3n) is 5.03. The summed E-state index contributed by atoms with van der Waals surface area (Å²) in [4.78, 5) is 36.8. The molecule has 8 nitrogen and oxygen atoms in total. The molecule has 3 aromatic carbocycles. The Hall–Kier alpha value is -3.86. The number of para-hydroxylation sites is 1. The van der Waals surface area contributed by atoms with Crippen molar-refractivity contribution < 1.29 is 29.0 Å². The van der Waals surface area contributed by atoms with Crippen LogP contribution in [0.2, 0.25) is 5.02 Å². The highest BCUT2D eigenvalue weighted by Gasteiger charge is 2.34. The van der Waals surface area contributed by atoms with Crippen LogP contribution >= 0.6 is 35.6 Å². The van der Waals surface area contributed by atoms with Gasteiger partial charge in [-0.1, -0.05) is 59.8 Å². The fraction of sp³-hybridized carbons (Fsp3) is 0.0769. The number of thiocarbonyl (C=S) groups is 1. The van der Waals surface area contributed by atoms with Crippen LogP contribution in [0.15, 0.2) is 77.7 Å². The third kappa shape index (κ3) is 6.67. The second-order valence-electron chi connectivity index (χ2n) is 7.58. The lowest BCUT2D eigenvalue weighted by molar-refractivity contribution is -0.139. The summed E-state index contributed by atoms with van der Waals surface area (Å²) in [6.07, 6.45) is 1.54. The number of hydrazine groups is 1. The van der Waals surface area contributed by atoms with Gasteiger partial charge in [-0.05, 0) is 54.7 Å². The molecule has 1 aliphatic heterocycles. The number of carbonyl (C=O) groups is 3. The Kier molecular flexibility index (Phi) is 8.44. The quantitative estimate of drug-likeness (QED) is 0.283. The molecule has 188 valence electrons. The van der Waals surface area contributed by atoms with Gasteiger partial charge in [-0.15, -0.1) is 0 Å². The van der Waals surface area contributed by atoms with Gasteiger partial charge < -0.3 is 14.6 Å². The van der Waals surface area contributed by atoms with E-state index in [2.05, 4.69) is 5.43 Å². The lowest BCUT2D eigenvalue weighted by Gasteiger charge is -2.16. The predicted molar refractivity (Wildman–Crippen MR) is 144 cm³/mol. The molecule has 0 unspecified atom stereocenters. The second kappa shape index (κ2) is 11.9. The van der Waals surface area contributed by atoms with Crippen molar-refractivity contribution in [2.24, 2.45) is 0 Å². The zero-order valence-electron chi connectivity index (χ0n) is 19.0. The molecule has 1 saturated heterocycles. The minimum Gasteiger partial charge on any atom is -0.489 e. The number of thioether (sulfide) groups is 1. The molecule has 1 fully saturated rings. The minimum absolute atomic E-state index is 0.147. The van der Waals surface area contributed by atoms with E-state index < -0.39 is 24.4 Å². The van der Waals surface area contributed by atoms with Gasteiger partial charge in [0.1, 0.15) is 18.1 Å². The van der Waals surface area contributed by atoms with Crippen LogP contribution in [-0.4, -0.2) is 38.8 Å². The largest absolute Gasteiger partial charge is 0.489 e. The highest BCUT2D eigenvalue weighted by atomic mass is 35.5. The normalized spacial score (nSPS) is 14.1. The average molecular weight is 555 g/mol. The fourth-order valence-electron chi connectivity index (χ4n) is 3.22. The Morgan fingerprint density at radius 3 is 2.46 bits per heavy atom. The molecule has 11 heteroatoms. The van der Waals surface area contributed by atoms with Gasteiger partial charge in [-0.25, -0.2) is 4.79 Å². The lowest BCUT2D eigenvalue weighted by Crippen LogP contribution is -2.44. The first-order valence-electron chi connectivity index (χ1n) is 10.8. The molecule has 37 heavy (non-hydrogen) atoms. The van der Waals surface area contributed by atoms with Crippen molar-refractivity contribution in [2.75, 3.05) is 6.61 Å². The van der Waals surface area contributed by atoms with Gasteiger partial charge in [0.05, 0.1) is 4.91 Å². The van der Waals surface area contributed by atoms with Crippen molar-refractivity contribution in [3.63, 3.8) is 0 Å². The Morgan fingerprint density at radius 2 is 1.73 bits per heavy atom. The molecular formula is C26H19ClN2O6S2. The molecule has 0 aromatic heterocycles. The summed E-state index contributed by atoms with van der Waals surface area (Å²) in [5, 5.41) is 10.5. The van der Waals surface area contributed by atoms with Crippen molar-refractivity contribution in [2.45, 2.75) is 6.61 Å². The zero-order valence-corrected chi connectivity index (χ0v) is 21.4. The first-order chi connectivity index (χ1) is 17.8. The number of nitrogens with zero attached hydrogens (tertiary/aromatic N) is 1. The molecule has 3 aromatic rings. The number of carboxylic acid groups (broad SMARTS) is 1. The maximum atomic E-state index is 12.9. The first kappa shape index (κ1) is 26.2. The number of hydrogen-bond donors (Lipinski definition) is 2. The van der Waals surface area contributed by atoms with Crippen LogP contribution in [-0.2, 0) is 16.2 Å². The Bertz CT molecular complexity index is 1390. The number of benzene rings is 3. The van der Waals surface area contributed by atoms with E-state index in [0.717, 1.165) is 22.3 Å². The van der Waals surface area contributed by atoms with Gasteiger partial charge in [0.25, 0.3) is 11.8 Å². The van der Waals surface area contributed by atoms with Crippen LogP contribution in [0, 0.1) is 0 Å². The van der Waals surface area contributed by atoms with E-state index in [4.69, 9.17) is 38.4 Å². The van der Waals surface area contributed by atoms with Gasteiger partial charge in [-0.3, -0.25) is 15.0 Å².